The maximum Gasteiger partial charge on any atom is 0.161 e. The van der Waals surface area contributed by atoms with Gasteiger partial charge in [0.05, 0.1) is 38.2 Å². The number of pyridine rings is 1. The van der Waals surface area contributed by atoms with Crippen LogP contribution in [0, 0.1) is 0 Å². The quantitative estimate of drug-likeness (QED) is 0.502. The lowest BCUT2D eigenvalue weighted by Gasteiger charge is -2.10. The molecule has 0 bridgehead atoms. The van der Waals surface area contributed by atoms with Crippen LogP contribution < -0.4 is 19.9 Å². The molecule has 28 heavy (non-hydrogen) atoms. The Balaban J connectivity index is 1.81. The van der Waals surface area contributed by atoms with Crippen LogP contribution in [0.25, 0.3) is 33.3 Å². The summed E-state index contributed by atoms with van der Waals surface area (Å²) in [6, 6.07) is 13.7. The molecule has 0 saturated heterocycles. The van der Waals surface area contributed by atoms with Crippen LogP contribution in [0.15, 0.2) is 54.9 Å². The van der Waals surface area contributed by atoms with Crippen molar-refractivity contribution in [3.05, 3.63) is 54.9 Å². The Labute approximate surface area is 162 Å². The predicted octanol–water partition coefficient (Wildman–Crippen LogP) is 4.50. The highest BCUT2D eigenvalue weighted by Gasteiger charge is 2.12. The molecule has 2 aromatic carbocycles. The third-order valence-corrected chi connectivity index (χ3v) is 4.78. The van der Waals surface area contributed by atoms with Crippen molar-refractivity contribution in [2.24, 2.45) is 0 Å². The number of nitrogen functional groups attached to an aromatic ring is 1. The summed E-state index contributed by atoms with van der Waals surface area (Å²) in [4.78, 5) is 7.91. The zero-order valence-corrected chi connectivity index (χ0v) is 15.9. The Bertz CT molecular complexity index is 1150. The molecule has 4 aromatic rings. The van der Waals surface area contributed by atoms with Crippen LogP contribution in [0.1, 0.15) is 0 Å². The molecule has 2 heterocycles. The number of hydrogen-bond acceptors (Lipinski definition) is 5. The van der Waals surface area contributed by atoms with Gasteiger partial charge in [0.1, 0.15) is 5.75 Å². The van der Waals surface area contributed by atoms with Crippen molar-refractivity contribution >= 4 is 16.6 Å². The maximum absolute atomic E-state index is 6.08. The number of hydrogen-bond donors (Lipinski definition) is 2. The number of nitrogens with one attached hydrogen (secondary N) is 1. The van der Waals surface area contributed by atoms with Gasteiger partial charge in [0.15, 0.2) is 11.5 Å². The summed E-state index contributed by atoms with van der Waals surface area (Å²) in [7, 11) is 4.86. The highest BCUT2D eigenvalue weighted by Crippen LogP contribution is 2.36. The second-order valence-electron chi connectivity index (χ2n) is 6.35. The minimum atomic E-state index is 0.590. The van der Waals surface area contributed by atoms with Gasteiger partial charge in [0.2, 0.25) is 0 Å². The first-order valence-corrected chi connectivity index (χ1v) is 8.78. The van der Waals surface area contributed by atoms with Gasteiger partial charge < -0.3 is 24.9 Å². The number of nitrogens with zero attached hydrogens (tertiary/aromatic N) is 1. The summed E-state index contributed by atoms with van der Waals surface area (Å²) in [6.45, 7) is 0. The average molecular weight is 375 g/mol. The number of H-pyrrole nitrogens is 1. The van der Waals surface area contributed by atoms with Crippen LogP contribution in [0.5, 0.6) is 17.2 Å². The molecule has 2 aromatic heterocycles. The van der Waals surface area contributed by atoms with E-state index < -0.39 is 0 Å². The van der Waals surface area contributed by atoms with Crippen molar-refractivity contribution in [3.63, 3.8) is 0 Å². The van der Waals surface area contributed by atoms with Gasteiger partial charge in [-0.3, -0.25) is 4.98 Å². The van der Waals surface area contributed by atoms with Crippen molar-refractivity contribution in [2.45, 2.75) is 0 Å². The van der Waals surface area contributed by atoms with Gasteiger partial charge in [-0.25, -0.2) is 0 Å². The molecule has 0 amide bonds. The highest BCUT2D eigenvalue weighted by molar-refractivity contribution is 5.96. The lowest BCUT2D eigenvalue weighted by atomic mass is 10.0. The fourth-order valence-corrected chi connectivity index (χ4v) is 3.31. The standard InChI is InChI=1S/C22H21N3O3/c1-26-19-6-5-14(9-17(19)23)22-16-8-15(11-24-18(16)12-25-22)13-4-7-20(27-2)21(10-13)28-3/h4-12,25H,23H2,1-3H3. The van der Waals surface area contributed by atoms with Gasteiger partial charge in [-0.05, 0) is 42.0 Å². The molecule has 6 heteroatoms. The predicted molar refractivity (Wildman–Crippen MR) is 111 cm³/mol. The van der Waals surface area contributed by atoms with E-state index in [-0.39, 0.29) is 0 Å². The van der Waals surface area contributed by atoms with E-state index in [2.05, 4.69) is 16.0 Å². The highest BCUT2D eigenvalue weighted by atomic mass is 16.5. The first kappa shape index (κ1) is 17.7. The van der Waals surface area contributed by atoms with Crippen LogP contribution in [-0.2, 0) is 0 Å². The fraction of sp³-hybridized carbons (Fsp3) is 0.136. The molecule has 0 aliphatic heterocycles. The molecular weight excluding hydrogens is 354 g/mol. The largest absolute Gasteiger partial charge is 0.495 e. The number of aromatic amines is 1. The zero-order chi connectivity index (χ0) is 19.7. The number of nitrogens with two attached hydrogens (primary N) is 1. The minimum Gasteiger partial charge on any atom is -0.495 e. The Hall–Kier alpha value is -3.67. The molecule has 0 fully saturated rings. The summed E-state index contributed by atoms with van der Waals surface area (Å²) in [6.07, 6.45) is 3.74. The van der Waals surface area contributed by atoms with E-state index in [0.29, 0.717) is 22.9 Å². The van der Waals surface area contributed by atoms with E-state index in [0.717, 1.165) is 33.3 Å². The number of rotatable bonds is 5. The van der Waals surface area contributed by atoms with E-state index in [9.17, 15) is 0 Å². The Kier molecular flexibility index (Phi) is 4.53. The van der Waals surface area contributed by atoms with Crippen LogP contribution in [-0.4, -0.2) is 31.3 Å². The normalized spacial score (nSPS) is 10.8. The number of benzene rings is 2. The summed E-state index contributed by atoms with van der Waals surface area (Å²) in [5, 5.41) is 1.01. The fourth-order valence-electron chi connectivity index (χ4n) is 3.31. The number of methoxy groups -OCH3 is 3. The molecule has 0 aliphatic rings. The summed E-state index contributed by atoms with van der Waals surface area (Å²) in [5.74, 6) is 2.03. The van der Waals surface area contributed by atoms with Gasteiger partial charge in [-0.2, -0.15) is 0 Å². The average Bonchev–Trinajstić information content (AvgIpc) is 3.16. The number of ether oxygens (including phenoxy) is 3. The van der Waals surface area contributed by atoms with Gasteiger partial charge in [-0.15, -0.1) is 0 Å². The van der Waals surface area contributed by atoms with Gasteiger partial charge in [0.25, 0.3) is 0 Å². The molecule has 4 rings (SSSR count). The van der Waals surface area contributed by atoms with Crippen LogP contribution in [0.4, 0.5) is 5.69 Å². The Morgan fingerprint density at radius 2 is 1.50 bits per heavy atom. The molecular formula is C22H21N3O3. The molecule has 0 spiro atoms. The van der Waals surface area contributed by atoms with E-state index in [1.165, 1.54) is 0 Å². The van der Waals surface area contributed by atoms with E-state index in [1.54, 1.807) is 21.3 Å². The van der Waals surface area contributed by atoms with Crippen molar-refractivity contribution < 1.29 is 14.2 Å². The monoisotopic (exact) mass is 375 g/mol. The lowest BCUT2D eigenvalue weighted by Crippen LogP contribution is -1.93. The molecule has 6 nitrogen and oxygen atoms in total. The third kappa shape index (κ3) is 2.99. The van der Waals surface area contributed by atoms with Crippen LogP contribution in [0.2, 0.25) is 0 Å². The molecule has 0 aliphatic carbocycles. The van der Waals surface area contributed by atoms with E-state index >= 15 is 0 Å². The summed E-state index contributed by atoms with van der Waals surface area (Å²) < 4.78 is 16.0. The molecule has 0 unspecified atom stereocenters. The third-order valence-electron chi connectivity index (χ3n) is 4.78. The molecule has 142 valence electrons. The number of anilines is 1. The SMILES string of the molecule is COc1ccc(-c2[nH]cc3ncc(-c4ccc(OC)c(OC)c4)cc23)cc1N. The molecule has 3 N–H and O–H groups in total. The Morgan fingerprint density at radius 1 is 0.786 bits per heavy atom. The first-order chi connectivity index (χ1) is 13.6. The van der Waals surface area contributed by atoms with E-state index in [4.69, 9.17) is 19.9 Å². The minimum absolute atomic E-state index is 0.590. The van der Waals surface area contributed by atoms with Crippen molar-refractivity contribution in [2.75, 3.05) is 27.1 Å². The van der Waals surface area contributed by atoms with Gasteiger partial charge in [0, 0.05) is 28.9 Å². The van der Waals surface area contributed by atoms with Crippen molar-refractivity contribution in [1.29, 1.82) is 0 Å². The molecule has 0 radical (unpaired) electrons. The second-order valence-corrected chi connectivity index (χ2v) is 6.35. The summed E-state index contributed by atoms with van der Waals surface area (Å²) >= 11 is 0. The lowest BCUT2D eigenvalue weighted by molar-refractivity contribution is 0.355. The topological polar surface area (TPSA) is 82.4 Å². The Morgan fingerprint density at radius 3 is 2.21 bits per heavy atom. The molecule has 0 saturated carbocycles. The van der Waals surface area contributed by atoms with Crippen LogP contribution >= 0.6 is 0 Å². The van der Waals surface area contributed by atoms with E-state index in [1.807, 2.05) is 48.8 Å². The van der Waals surface area contributed by atoms with Crippen molar-refractivity contribution in [3.8, 4) is 39.6 Å². The first-order valence-electron chi connectivity index (χ1n) is 8.78. The number of aromatic nitrogens is 2. The summed E-state index contributed by atoms with van der Waals surface area (Å²) in [5.41, 5.74) is 11.5. The van der Waals surface area contributed by atoms with Crippen molar-refractivity contribution in [1.82, 2.24) is 9.97 Å². The van der Waals surface area contributed by atoms with Crippen LogP contribution in [0.3, 0.4) is 0 Å². The zero-order valence-electron chi connectivity index (χ0n) is 15.9. The smallest absolute Gasteiger partial charge is 0.161 e. The number of fused-ring (bicyclic) bond motifs is 1. The maximum atomic E-state index is 6.08. The van der Waals surface area contributed by atoms with Gasteiger partial charge >= 0.3 is 0 Å². The second kappa shape index (κ2) is 7.15. The van der Waals surface area contributed by atoms with Gasteiger partial charge in [-0.1, -0.05) is 6.07 Å². The molecule has 0 atom stereocenters.